The first-order chi connectivity index (χ1) is 18.5. The maximum atomic E-state index is 13.5. The van der Waals surface area contributed by atoms with E-state index in [4.69, 9.17) is 9.47 Å². The molecule has 2 amide bonds. The number of ether oxygens (including phenoxy) is 2. The van der Waals surface area contributed by atoms with Crippen LogP contribution in [0.2, 0.25) is 0 Å². The molecule has 1 fully saturated rings. The standard InChI is InChI=1S/C27H32N2O9S/c1-18(2)16-28(39(35,36)22-11-9-21(37-3)10-12-22)26(32)25(31)24(30)23(15-19-7-5-4-6-8-19)29(27(33)34)20-13-14-38-17-20/h4-12,18,20,23H,13-17H2,1-3H3,(H,33,34)/p-1/t20-,23+/m0/s1. The Balaban J connectivity index is 1.99. The number of carbonyl (C=O) groups is 4. The highest BCUT2D eigenvalue weighted by Crippen LogP contribution is 2.23. The Hall–Kier alpha value is -3.77. The second-order valence-corrected chi connectivity index (χ2v) is 11.4. The number of ketones is 2. The van der Waals surface area contributed by atoms with Crippen molar-refractivity contribution in [2.45, 2.75) is 43.7 Å². The van der Waals surface area contributed by atoms with E-state index in [9.17, 15) is 32.7 Å². The van der Waals surface area contributed by atoms with Gasteiger partial charge >= 0.3 is 5.91 Å². The molecule has 210 valence electrons. The van der Waals surface area contributed by atoms with Gasteiger partial charge in [-0.15, -0.1) is 0 Å². The number of carboxylic acid groups (broad SMARTS) is 1. The average Bonchev–Trinajstić information content (AvgIpc) is 3.44. The first-order valence-corrected chi connectivity index (χ1v) is 13.8. The molecule has 1 heterocycles. The third-order valence-electron chi connectivity index (χ3n) is 6.24. The highest BCUT2D eigenvalue weighted by Gasteiger charge is 2.42. The summed E-state index contributed by atoms with van der Waals surface area (Å²) < 4.78 is 37.5. The fourth-order valence-corrected chi connectivity index (χ4v) is 5.82. The van der Waals surface area contributed by atoms with Crippen LogP contribution in [0, 0.1) is 5.92 Å². The maximum absolute atomic E-state index is 13.5. The molecule has 0 aromatic heterocycles. The fraction of sp³-hybridized carbons (Fsp3) is 0.407. The molecule has 11 nitrogen and oxygen atoms in total. The molecule has 0 saturated carbocycles. The van der Waals surface area contributed by atoms with Crippen molar-refractivity contribution in [3.63, 3.8) is 0 Å². The molecule has 0 unspecified atom stereocenters. The maximum Gasteiger partial charge on any atom is 0.311 e. The van der Waals surface area contributed by atoms with Gasteiger partial charge in [0.2, 0.25) is 5.78 Å². The number of sulfonamides is 1. The molecule has 0 radical (unpaired) electrons. The minimum absolute atomic E-state index is 0.0139. The molecule has 1 aliphatic rings. The fourth-order valence-electron chi connectivity index (χ4n) is 4.29. The SMILES string of the molecule is COc1ccc(S(=O)(=O)N(CC(C)C)C(=O)C(=O)C(=O)[C@@H](Cc2ccccc2)N(C(=O)[O-])[C@H]2CCOC2)cc1. The molecule has 3 rings (SSSR count). The summed E-state index contributed by atoms with van der Waals surface area (Å²) in [4.78, 5) is 52.9. The molecule has 0 N–H and O–H groups in total. The predicted octanol–water partition coefficient (Wildman–Crippen LogP) is 1.05. The number of amides is 2. The minimum atomic E-state index is -4.54. The number of carbonyl (C=O) groups excluding carboxylic acids is 4. The van der Waals surface area contributed by atoms with Crippen LogP contribution in [0.5, 0.6) is 5.75 Å². The largest absolute Gasteiger partial charge is 0.530 e. The van der Waals surface area contributed by atoms with Gasteiger partial charge in [0.05, 0.1) is 24.7 Å². The van der Waals surface area contributed by atoms with Crippen LogP contribution in [0.4, 0.5) is 4.79 Å². The van der Waals surface area contributed by atoms with E-state index in [-0.39, 0.29) is 43.4 Å². The molecule has 1 saturated heterocycles. The smallest absolute Gasteiger partial charge is 0.311 e. The van der Waals surface area contributed by atoms with Gasteiger partial charge in [0.25, 0.3) is 15.8 Å². The number of nitrogens with zero attached hydrogens (tertiary/aromatic N) is 2. The van der Waals surface area contributed by atoms with Crippen molar-refractivity contribution in [1.82, 2.24) is 9.21 Å². The van der Waals surface area contributed by atoms with Crippen LogP contribution in [0.1, 0.15) is 25.8 Å². The molecule has 0 bridgehead atoms. The van der Waals surface area contributed by atoms with Crippen molar-refractivity contribution >= 4 is 33.6 Å². The normalized spacial score (nSPS) is 15.9. The van der Waals surface area contributed by atoms with Crippen molar-refractivity contribution in [3.8, 4) is 5.75 Å². The summed E-state index contributed by atoms with van der Waals surface area (Å²) in [6.45, 7) is 3.14. The van der Waals surface area contributed by atoms with E-state index in [0.717, 1.165) is 4.90 Å². The Morgan fingerprint density at radius 2 is 1.69 bits per heavy atom. The van der Waals surface area contributed by atoms with Crippen molar-refractivity contribution in [3.05, 3.63) is 60.2 Å². The average molecular weight is 560 g/mol. The van der Waals surface area contributed by atoms with Crippen molar-refractivity contribution in [2.75, 3.05) is 26.9 Å². The van der Waals surface area contributed by atoms with Gasteiger partial charge in [-0.25, -0.2) is 12.7 Å². The first-order valence-electron chi connectivity index (χ1n) is 12.4. The summed E-state index contributed by atoms with van der Waals surface area (Å²) in [7, 11) is -3.14. The lowest BCUT2D eigenvalue weighted by molar-refractivity contribution is -0.270. The number of hydrogen-bond acceptors (Lipinski definition) is 9. The summed E-state index contributed by atoms with van der Waals surface area (Å²) in [5, 5.41) is 12.2. The lowest BCUT2D eigenvalue weighted by atomic mass is 9.96. The summed E-state index contributed by atoms with van der Waals surface area (Å²) >= 11 is 0. The number of rotatable bonds is 12. The molecular formula is C27H31N2O9S-. The number of Topliss-reactive ketones (excluding diaryl/α,β-unsaturated/α-hetero) is 2. The quantitative estimate of drug-likeness (QED) is 0.275. The first kappa shape index (κ1) is 29.8. The van der Waals surface area contributed by atoms with Gasteiger partial charge < -0.3 is 24.3 Å². The van der Waals surface area contributed by atoms with Crippen LogP contribution < -0.4 is 9.84 Å². The van der Waals surface area contributed by atoms with Crippen molar-refractivity contribution in [2.24, 2.45) is 5.92 Å². The van der Waals surface area contributed by atoms with Gasteiger partial charge in [-0.1, -0.05) is 44.2 Å². The molecule has 12 heteroatoms. The van der Waals surface area contributed by atoms with Crippen LogP contribution in [0.25, 0.3) is 0 Å². The van der Waals surface area contributed by atoms with E-state index in [2.05, 4.69) is 0 Å². The Bertz CT molecular complexity index is 1290. The van der Waals surface area contributed by atoms with E-state index < -0.39 is 45.7 Å². The zero-order chi connectivity index (χ0) is 28.7. The van der Waals surface area contributed by atoms with Crippen LogP contribution in [-0.4, -0.2) is 80.1 Å². The van der Waals surface area contributed by atoms with Crippen molar-refractivity contribution in [1.29, 1.82) is 0 Å². The zero-order valence-electron chi connectivity index (χ0n) is 21.9. The molecule has 0 aliphatic carbocycles. The van der Waals surface area contributed by atoms with Crippen molar-refractivity contribution < 1.29 is 42.2 Å². The zero-order valence-corrected chi connectivity index (χ0v) is 22.8. The van der Waals surface area contributed by atoms with E-state index in [1.165, 1.54) is 31.4 Å². The third-order valence-corrected chi connectivity index (χ3v) is 8.01. The van der Waals surface area contributed by atoms with E-state index >= 15 is 0 Å². The lowest BCUT2D eigenvalue weighted by Crippen LogP contribution is -2.59. The molecule has 2 aromatic carbocycles. The number of methoxy groups -OCH3 is 1. The number of benzene rings is 2. The molecule has 0 spiro atoms. The molecule has 1 aliphatic heterocycles. The highest BCUT2D eigenvalue weighted by molar-refractivity contribution is 7.89. The Morgan fingerprint density at radius 1 is 1.05 bits per heavy atom. The van der Waals surface area contributed by atoms with E-state index in [0.29, 0.717) is 15.6 Å². The summed E-state index contributed by atoms with van der Waals surface area (Å²) in [5.74, 6) is -4.56. The van der Waals surface area contributed by atoms with Crippen LogP contribution >= 0.6 is 0 Å². The van der Waals surface area contributed by atoms with Crippen LogP contribution in [-0.2, 0) is 35.6 Å². The second-order valence-electron chi connectivity index (χ2n) is 9.50. The van der Waals surface area contributed by atoms with Crippen LogP contribution in [0.3, 0.4) is 0 Å². The Morgan fingerprint density at radius 3 is 2.21 bits per heavy atom. The van der Waals surface area contributed by atoms with E-state index in [1.54, 1.807) is 44.2 Å². The lowest BCUT2D eigenvalue weighted by Gasteiger charge is -2.37. The Kier molecular flexibility index (Phi) is 9.81. The molecular weight excluding hydrogens is 528 g/mol. The van der Waals surface area contributed by atoms with Gasteiger partial charge in [-0.2, -0.15) is 0 Å². The topological polar surface area (TPSA) is 150 Å². The second kappa shape index (κ2) is 12.9. The van der Waals surface area contributed by atoms with E-state index in [1.807, 2.05) is 0 Å². The third kappa shape index (κ3) is 7.01. The number of hydrogen-bond donors (Lipinski definition) is 0. The molecule has 2 atom stereocenters. The summed E-state index contributed by atoms with van der Waals surface area (Å²) in [6, 6.07) is 11.2. The molecule has 2 aromatic rings. The van der Waals surface area contributed by atoms with Crippen LogP contribution in [0.15, 0.2) is 59.5 Å². The summed E-state index contributed by atoms with van der Waals surface area (Å²) in [5.41, 5.74) is 0.533. The highest BCUT2D eigenvalue weighted by atomic mass is 32.2. The molecule has 39 heavy (non-hydrogen) atoms. The van der Waals surface area contributed by atoms with Gasteiger partial charge in [0.1, 0.15) is 17.9 Å². The summed E-state index contributed by atoms with van der Waals surface area (Å²) in [6.07, 6.45) is -1.66. The van der Waals surface area contributed by atoms with Gasteiger partial charge in [0, 0.05) is 19.6 Å². The monoisotopic (exact) mass is 559 g/mol. The predicted molar refractivity (Wildman–Crippen MR) is 137 cm³/mol. The van der Waals surface area contributed by atoms with Gasteiger partial charge in [-0.05, 0) is 42.2 Å². The Labute approximate surface area is 227 Å². The van der Waals surface area contributed by atoms with Gasteiger partial charge in [-0.3, -0.25) is 14.4 Å². The minimum Gasteiger partial charge on any atom is -0.530 e. The van der Waals surface area contributed by atoms with Gasteiger partial charge in [0.15, 0.2) is 0 Å².